The highest BCUT2D eigenvalue weighted by atomic mass is 32.2. The molecule has 2 saturated heterocycles. The minimum atomic E-state index is -5.09. The van der Waals surface area contributed by atoms with E-state index in [1.54, 1.807) is 48.1 Å². The molecule has 0 saturated carbocycles. The predicted octanol–water partition coefficient (Wildman–Crippen LogP) is 5.13. The average Bonchev–Trinajstić information content (AvgIpc) is 4.00. The van der Waals surface area contributed by atoms with E-state index >= 15 is 0 Å². The van der Waals surface area contributed by atoms with Crippen molar-refractivity contribution >= 4 is 62.0 Å². The number of likely N-dealkylation sites (tertiary alicyclic amines) is 1. The van der Waals surface area contributed by atoms with E-state index in [0.29, 0.717) is 70.3 Å². The summed E-state index contributed by atoms with van der Waals surface area (Å²) in [6, 6.07) is 13.1. The molecule has 6 aromatic rings. The highest BCUT2D eigenvalue weighted by Crippen LogP contribution is 2.41. The van der Waals surface area contributed by atoms with Gasteiger partial charge in [-0.15, -0.1) is 0 Å². The van der Waals surface area contributed by atoms with Crippen LogP contribution in [0, 0.1) is 5.82 Å². The molecule has 3 aliphatic rings. The molecular weight excluding hydrogens is 898 g/mol. The van der Waals surface area contributed by atoms with Crippen molar-refractivity contribution in [2.24, 2.45) is 7.05 Å². The van der Waals surface area contributed by atoms with Gasteiger partial charge < -0.3 is 15.4 Å². The van der Waals surface area contributed by atoms with E-state index in [1.165, 1.54) is 48.5 Å². The molecule has 18 nitrogen and oxygen atoms in total. The molecule has 3 aromatic carbocycles. The number of aromatic nitrogens is 5. The van der Waals surface area contributed by atoms with Crippen molar-refractivity contribution in [3.8, 4) is 28.1 Å². The minimum absolute atomic E-state index is 0.0101. The van der Waals surface area contributed by atoms with E-state index in [-0.39, 0.29) is 59.6 Å². The van der Waals surface area contributed by atoms with Crippen molar-refractivity contribution in [3.05, 3.63) is 107 Å². The van der Waals surface area contributed by atoms with Gasteiger partial charge in [0.05, 0.1) is 46.4 Å². The van der Waals surface area contributed by atoms with Crippen molar-refractivity contribution in [2.75, 3.05) is 23.5 Å². The van der Waals surface area contributed by atoms with Crippen LogP contribution in [0.3, 0.4) is 0 Å². The number of pyridine rings is 1. The Morgan fingerprint density at radius 2 is 1.72 bits per heavy atom. The second-order valence-electron chi connectivity index (χ2n) is 16.5. The second-order valence-corrected chi connectivity index (χ2v) is 18.1. The predicted molar refractivity (Wildman–Crippen MR) is 235 cm³/mol. The lowest BCUT2D eigenvalue weighted by atomic mass is 9.98. The molecule has 0 spiro atoms. The number of amides is 5. The van der Waals surface area contributed by atoms with Gasteiger partial charge in [-0.05, 0) is 67.6 Å². The van der Waals surface area contributed by atoms with Gasteiger partial charge in [0.15, 0.2) is 0 Å². The lowest BCUT2D eigenvalue weighted by Gasteiger charge is -2.32. The molecule has 5 amide bonds. The van der Waals surface area contributed by atoms with Gasteiger partial charge in [0, 0.05) is 55.6 Å². The first-order valence-electron chi connectivity index (χ1n) is 21.1. The fourth-order valence-electron chi connectivity index (χ4n) is 8.85. The van der Waals surface area contributed by atoms with E-state index in [1.807, 2.05) is 15.6 Å². The van der Waals surface area contributed by atoms with Gasteiger partial charge in [-0.25, -0.2) is 17.8 Å². The van der Waals surface area contributed by atoms with Crippen LogP contribution in [0.1, 0.15) is 76.6 Å². The molecule has 346 valence electrons. The molecule has 3 aliphatic heterocycles. The van der Waals surface area contributed by atoms with Gasteiger partial charge in [0.25, 0.3) is 21.8 Å². The maximum atomic E-state index is 13.7. The highest BCUT2D eigenvalue weighted by Gasteiger charge is 2.46. The summed E-state index contributed by atoms with van der Waals surface area (Å²) in [6.45, 7) is 2.41. The van der Waals surface area contributed by atoms with Crippen molar-refractivity contribution in [3.63, 3.8) is 0 Å². The van der Waals surface area contributed by atoms with Gasteiger partial charge in [0.1, 0.15) is 35.2 Å². The molecule has 0 radical (unpaired) electrons. The van der Waals surface area contributed by atoms with Gasteiger partial charge >= 0.3 is 5.76 Å². The summed E-state index contributed by atoms with van der Waals surface area (Å²) in [7, 11) is -3.39. The Morgan fingerprint density at radius 3 is 2.43 bits per heavy atom. The lowest BCUT2D eigenvalue weighted by Crippen LogP contribution is -2.54. The number of piperidine rings is 2. The Balaban J connectivity index is 0.921. The number of nitrogens with one attached hydrogen (secondary N) is 2. The van der Waals surface area contributed by atoms with Crippen LogP contribution in [-0.2, 0) is 37.9 Å². The maximum Gasteiger partial charge on any atom is 0.355 e. The zero-order chi connectivity index (χ0) is 47.5. The number of halogens is 3. The first-order chi connectivity index (χ1) is 32.0. The Morgan fingerprint density at radius 1 is 0.970 bits per heavy atom. The number of imide groups is 2. The van der Waals surface area contributed by atoms with Crippen LogP contribution in [0.5, 0.6) is 5.75 Å². The summed E-state index contributed by atoms with van der Waals surface area (Å²) in [5.41, 5.74) is 9.93. The van der Waals surface area contributed by atoms with Crippen LogP contribution >= 0.6 is 0 Å². The van der Waals surface area contributed by atoms with E-state index in [4.69, 9.17) is 15.6 Å². The summed E-state index contributed by atoms with van der Waals surface area (Å²) in [6.07, 6.45) is 5.33. The number of nitrogens with two attached hydrogens (primary N) is 1. The maximum absolute atomic E-state index is 13.7. The standard InChI is InChI=1S/C45H41F3N10O8S/c1-23(24-6-9-28(46)10-7-24)66-34-18-26(8-11-32(34)54-67(64,65)45(47)48)39-38-40(55(2)53-39)31(21-50-41(38)49)27-20-51-57(22-27)29-14-16-56(17-15-29)36(60)19-25-4-3-5-30-37(25)44(63)58(43(30)62)33-12-13-35(59)52-42(33)61/h3-11,18,20-23,29,33,45,54H,12-17,19H2,1-2H3,(H2,49,50)(H,52,59,61)/t23-,33?/m0/s1. The first kappa shape index (κ1) is 44.6. The number of rotatable bonds is 12. The molecule has 6 heterocycles. The summed E-state index contributed by atoms with van der Waals surface area (Å²) in [4.78, 5) is 71.9. The fraction of sp³-hybridized carbons (Fsp3) is 0.289. The Labute approximate surface area is 379 Å². The number of hydrogen-bond acceptors (Lipinski definition) is 12. The largest absolute Gasteiger partial charge is 0.484 e. The monoisotopic (exact) mass is 938 g/mol. The van der Waals surface area contributed by atoms with E-state index < -0.39 is 57.4 Å². The van der Waals surface area contributed by atoms with Gasteiger partial charge in [-0.2, -0.15) is 19.0 Å². The topological polar surface area (TPSA) is 234 Å². The number of alkyl halides is 2. The third-order valence-corrected chi connectivity index (χ3v) is 13.2. The van der Waals surface area contributed by atoms with E-state index in [9.17, 15) is 45.6 Å². The first-order valence-corrected chi connectivity index (χ1v) is 22.7. The summed E-state index contributed by atoms with van der Waals surface area (Å²) in [5, 5.41) is 12.0. The van der Waals surface area contributed by atoms with Gasteiger partial charge in [-0.1, -0.05) is 30.3 Å². The Kier molecular flexibility index (Phi) is 11.5. The number of carbonyl (C=O) groups is 5. The van der Waals surface area contributed by atoms with Crippen LogP contribution in [0.4, 0.5) is 24.7 Å². The van der Waals surface area contributed by atoms with Crippen molar-refractivity contribution in [2.45, 2.75) is 63.0 Å². The summed E-state index contributed by atoms with van der Waals surface area (Å²) < 4.78 is 76.5. The smallest absolute Gasteiger partial charge is 0.355 e. The molecule has 0 bridgehead atoms. The van der Waals surface area contributed by atoms with Gasteiger partial charge in [-0.3, -0.25) is 48.3 Å². The van der Waals surface area contributed by atoms with Gasteiger partial charge in [0.2, 0.25) is 17.7 Å². The Bertz CT molecular complexity index is 3130. The molecule has 2 atom stereocenters. The molecule has 3 aromatic heterocycles. The normalized spacial score (nSPS) is 17.3. The highest BCUT2D eigenvalue weighted by molar-refractivity contribution is 7.93. The average molecular weight is 939 g/mol. The van der Waals surface area contributed by atoms with Crippen LogP contribution in [0.25, 0.3) is 33.3 Å². The molecular formula is C45H41F3N10O8S. The number of carbonyl (C=O) groups excluding carboxylic acids is 5. The number of benzene rings is 3. The Hall–Kier alpha value is -7.62. The van der Waals surface area contributed by atoms with Crippen molar-refractivity contribution in [1.82, 2.24) is 39.7 Å². The lowest BCUT2D eigenvalue weighted by molar-refractivity contribution is -0.136. The number of nitrogen functional groups attached to an aromatic ring is 1. The number of hydrogen-bond donors (Lipinski definition) is 3. The molecule has 0 aliphatic carbocycles. The third-order valence-electron chi connectivity index (χ3n) is 12.3. The number of sulfonamides is 1. The quantitative estimate of drug-likeness (QED) is 0.136. The second kappa shape index (κ2) is 17.3. The van der Waals surface area contributed by atoms with E-state index in [2.05, 4.69) is 15.4 Å². The minimum Gasteiger partial charge on any atom is -0.484 e. The van der Waals surface area contributed by atoms with E-state index in [0.717, 1.165) is 4.90 Å². The summed E-state index contributed by atoms with van der Waals surface area (Å²) in [5.74, 6) is -6.94. The van der Waals surface area contributed by atoms with Crippen LogP contribution < -0.4 is 20.5 Å². The van der Waals surface area contributed by atoms with Crippen LogP contribution in [0.2, 0.25) is 0 Å². The number of fused-ring (bicyclic) bond motifs is 2. The molecule has 67 heavy (non-hydrogen) atoms. The fourth-order valence-corrected chi connectivity index (χ4v) is 9.42. The third kappa shape index (κ3) is 8.32. The molecule has 2 fully saturated rings. The molecule has 1 unspecified atom stereocenters. The van der Waals surface area contributed by atoms with Crippen LogP contribution in [-0.4, -0.2) is 97.2 Å². The summed E-state index contributed by atoms with van der Waals surface area (Å²) >= 11 is 0. The zero-order valence-electron chi connectivity index (χ0n) is 35.8. The van der Waals surface area contributed by atoms with Crippen LogP contribution in [0.15, 0.2) is 79.3 Å². The SMILES string of the molecule is C[C@H](Oc1cc(-c2nn(C)c3c(-c4cnn(C5CCN(C(=O)Cc6cccc7c6C(=O)N(C6CCC(=O)NC6=O)C7=O)CC5)c4)cnc(N)c23)ccc1NS(=O)(=O)C(F)F)c1ccc(F)cc1. The zero-order valence-corrected chi connectivity index (χ0v) is 36.6. The van der Waals surface area contributed by atoms with Crippen molar-refractivity contribution in [1.29, 1.82) is 0 Å². The number of ether oxygens (including phenoxy) is 1. The van der Waals surface area contributed by atoms with Crippen molar-refractivity contribution < 1.29 is 50.3 Å². The number of aryl methyl sites for hydroxylation is 1. The number of anilines is 2. The molecule has 22 heteroatoms. The molecule has 4 N–H and O–H groups in total. The number of nitrogens with zero attached hydrogens (tertiary/aromatic N) is 7. The molecule has 9 rings (SSSR count).